The Labute approximate surface area is 258 Å². The Morgan fingerprint density at radius 1 is 0.154 bits per heavy atom. The Hall–Kier alpha value is -2.64. The Balaban J connectivity index is 7.32. The van der Waals surface area contributed by atoms with E-state index in [2.05, 4.69) is 0 Å². The Morgan fingerprint density at radius 2 is 0.269 bits per heavy atom. The van der Waals surface area contributed by atoms with Crippen molar-refractivity contribution in [2.24, 2.45) is 0 Å². The first-order chi connectivity index (χ1) is 21.7. The third kappa shape index (κ3) is 5.99. The minimum Gasteiger partial charge on any atom is -0.195 e. The van der Waals surface area contributed by atoms with Gasteiger partial charge in [-0.3, -0.25) is 0 Å². The smallest absolute Gasteiger partial charge is 0.195 e. The van der Waals surface area contributed by atoms with E-state index in [4.69, 9.17) is 0 Å². The SMILES string of the molecule is FC(F)(F)C(F)(F)C(F)(F)C(F)(F)C(F)(F)C(F)(F)C(F)(F)C(F)(F)C=CC(F)(F)C(F)(F)C(F)(F)C(F)(F)C(F)(F)C(F)(F)C(F)(F)C(F)(F)F. The van der Waals surface area contributed by atoms with Gasteiger partial charge in [0.05, 0.1) is 0 Å². The van der Waals surface area contributed by atoms with Crippen molar-refractivity contribution in [3.63, 3.8) is 0 Å². The minimum absolute atomic E-state index is 3.44. The average Bonchev–Trinajstić information content (AvgIpc) is 2.89. The first-order valence-electron chi connectivity index (χ1n) is 10.8. The van der Waals surface area contributed by atoms with E-state index in [1.165, 1.54) is 0 Å². The molecule has 0 aromatic heterocycles. The van der Waals surface area contributed by atoms with Gasteiger partial charge in [0, 0.05) is 0 Å². The molecule has 0 aliphatic heterocycles. The Kier molecular flexibility index (Phi) is 11.3. The maximum atomic E-state index is 13.6. The van der Waals surface area contributed by atoms with Gasteiger partial charge in [0.15, 0.2) is 0 Å². The van der Waals surface area contributed by atoms with Crippen LogP contribution in [0, 0.1) is 0 Å². The molecule has 0 nitrogen and oxygen atoms in total. The second-order valence-corrected chi connectivity index (χ2v) is 9.47. The first kappa shape index (κ1) is 49.4. The van der Waals surface area contributed by atoms with Crippen LogP contribution in [0.4, 0.5) is 149 Å². The van der Waals surface area contributed by atoms with Crippen molar-refractivity contribution in [3.05, 3.63) is 12.2 Å². The van der Waals surface area contributed by atoms with Gasteiger partial charge in [-0.2, -0.15) is 149 Å². The van der Waals surface area contributed by atoms with Crippen molar-refractivity contribution in [1.29, 1.82) is 0 Å². The molecule has 0 bridgehead atoms. The minimum atomic E-state index is -9.46. The molecule has 312 valence electrons. The summed E-state index contributed by atoms with van der Waals surface area (Å²) in [6.07, 6.45) is -23.4. The van der Waals surface area contributed by atoms with Gasteiger partial charge in [0.1, 0.15) is 0 Å². The summed E-state index contributed by atoms with van der Waals surface area (Å²) in [4.78, 5) is 0. The molecule has 0 aromatic carbocycles. The lowest BCUT2D eigenvalue weighted by Gasteiger charge is -2.43. The quantitative estimate of drug-likeness (QED) is 0.121. The van der Waals surface area contributed by atoms with Gasteiger partial charge in [-0.1, -0.05) is 0 Å². The second kappa shape index (κ2) is 11.9. The molecule has 0 radical (unpaired) electrons. The van der Waals surface area contributed by atoms with Crippen LogP contribution < -0.4 is 0 Å². The molecule has 0 heterocycles. The summed E-state index contributed by atoms with van der Waals surface area (Å²) in [6.45, 7) is 0. The van der Waals surface area contributed by atoms with Crippen LogP contribution in [0.25, 0.3) is 0 Å². The fraction of sp³-hybridized carbons (Fsp3) is 0.889. The van der Waals surface area contributed by atoms with Crippen LogP contribution in [0.3, 0.4) is 0 Å². The number of rotatable bonds is 14. The molecular weight excluding hydrogens is 862 g/mol. The molecule has 52 heavy (non-hydrogen) atoms. The lowest BCUT2D eigenvalue weighted by atomic mass is 9.87. The average molecular weight is 864 g/mol. The molecule has 0 fully saturated rings. The number of hydrogen-bond donors (Lipinski definition) is 0. The van der Waals surface area contributed by atoms with Crippen LogP contribution in [0.15, 0.2) is 12.2 Å². The zero-order valence-corrected chi connectivity index (χ0v) is 22.0. The van der Waals surface area contributed by atoms with Crippen molar-refractivity contribution in [2.75, 3.05) is 0 Å². The van der Waals surface area contributed by atoms with Gasteiger partial charge in [-0.25, -0.2) is 0 Å². The highest BCUT2D eigenvalue weighted by Crippen LogP contribution is 2.66. The second-order valence-electron chi connectivity index (χ2n) is 9.47. The third-order valence-corrected chi connectivity index (χ3v) is 5.99. The van der Waals surface area contributed by atoms with Crippen molar-refractivity contribution in [1.82, 2.24) is 0 Å². The highest BCUT2D eigenvalue weighted by molar-refractivity contribution is 5.22. The summed E-state index contributed by atoms with van der Waals surface area (Å²) in [7, 11) is 0. The van der Waals surface area contributed by atoms with E-state index in [1.807, 2.05) is 0 Å². The monoisotopic (exact) mass is 864 g/mol. The highest BCUT2D eigenvalue weighted by Gasteiger charge is 2.97. The zero-order chi connectivity index (χ0) is 43.4. The predicted molar refractivity (Wildman–Crippen MR) is 90.5 cm³/mol. The Morgan fingerprint density at radius 3 is 0.404 bits per heavy atom. The number of halogens is 34. The van der Waals surface area contributed by atoms with Gasteiger partial charge >= 0.3 is 95.3 Å². The van der Waals surface area contributed by atoms with Crippen LogP contribution in [0.1, 0.15) is 0 Å². The summed E-state index contributed by atoms with van der Waals surface area (Å²) in [5, 5.41) is 0. The maximum Gasteiger partial charge on any atom is 0.460 e. The van der Waals surface area contributed by atoms with Crippen LogP contribution in [-0.4, -0.2) is 95.3 Å². The van der Waals surface area contributed by atoms with Gasteiger partial charge < -0.3 is 0 Å². The topological polar surface area (TPSA) is 0 Å². The van der Waals surface area contributed by atoms with E-state index in [0.29, 0.717) is 0 Å². The predicted octanol–water partition coefficient (Wildman–Crippen LogP) is 11.6. The molecule has 0 spiro atoms. The summed E-state index contributed by atoms with van der Waals surface area (Å²) >= 11 is 0. The summed E-state index contributed by atoms with van der Waals surface area (Å²) in [5.74, 6) is -127. The van der Waals surface area contributed by atoms with Gasteiger partial charge in [0.2, 0.25) is 0 Å². The fourth-order valence-electron chi connectivity index (χ4n) is 2.77. The van der Waals surface area contributed by atoms with E-state index in [0.717, 1.165) is 0 Å². The van der Waals surface area contributed by atoms with Crippen LogP contribution in [0.5, 0.6) is 0 Å². The summed E-state index contributed by atoms with van der Waals surface area (Å²) in [5.41, 5.74) is 0. The molecule has 0 aromatic rings. The molecule has 0 aliphatic carbocycles. The van der Waals surface area contributed by atoms with E-state index in [9.17, 15) is 149 Å². The van der Waals surface area contributed by atoms with Crippen molar-refractivity contribution in [3.8, 4) is 0 Å². The van der Waals surface area contributed by atoms with Crippen LogP contribution in [-0.2, 0) is 0 Å². The number of allylic oxidation sites excluding steroid dienone is 2. The third-order valence-electron chi connectivity index (χ3n) is 5.99. The van der Waals surface area contributed by atoms with Crippen molar-refractivity contribution >= 4 is 0 Å². The standard InChI is InChI=1S/C18H2F34/c19-3(20,5(23,24)7(27,28)9(31,32)11(35,36)13(39,40)15(43,44)17(47,48)49)1-2-4(21,22)6(25,26)8(29,30)10(33,34)12(37,38)14(41,42)16(45,46)18(50,51)52/h1-2H. The van der Waals surface area contributed by atoms with Crippen molar-refractivity contribution in [2.45, 2.75) is 95.3 Å². The van der Waals surface area contributed by atoms with E-state index in [1.54, 1.807) is 0 Å². The molecule has 0 saturated heterocycles. The molecular formula is C18H2F34. The summed E-state index contributed by atoms with van der Waals surface area (Å²) in [6, 6.07) is 0. The van der Waals surface area contributed by atoms with Gasteiger partial charge in [-0.05, 0) is 12.2 Å². The lowest BCUT2D eigenvalue weighted by molar-refractivity contribution is -0.460. The van der Waals surface area contributed by atoms with Crippen LogP contribution in [0.2, 0.25) is 0 Å². The lowest BCUT2D eigenvalue weighted by Crippen LogP contribution is -2.74. The molecule has 0 unspecified atom stereocenters. The molecule has 0 saturated carbocycles. The van der Waals surface area contributed by atoms with Crippen molar-refractivity contribution < 1.29 is 149 Å². The molecule has 0 rings (SSSR count). The van der Waals surface area contributed by atoms with E-state index >= 15 is 0 Å². The fourth-order valence-corrected chi connectivity index (χ4v) is 2.77. The molecule has 0 atom stereocenters. The largest absolute Gasteiger partial charge is 0.460 e. The molecule has 0 N–H and O–H groups in total. The normalized spacial score (nSPS) is 17.3. The highest BCUT2D eigenvalue weighted by atomic mass is 19.4. The first-order valence-corrected chi connectivity index (χ1v) is 10.8. The van der Waals surface area contributed by atoms with E-state index < -0.39 is 107 Å². The molecule has 0 aliphatic rings. The molecule has 0 amide bonds. The molecule has 34 heteroatoms. The van der Waals surface area contributed by atoms with E-state index in [-0.39, 0.29) is 0 Å². The van der Waals surface area contributed by atoms with Crippen LogP contribution >= 0.6 is 0 Å². The number of alkyl halides is 34. The number of hydrogen-bond acceptors (Lipinski definition) is 0. The zero-order valence-electron chi connectivity index (χ0n) is 22.0. The Bertz CT molecular complexity index is 1210. The van der Waals surface area contributed by atoms with Gasteiger partial charge in [0.25, 0.3) is 0 Å². The van der Waals surface area contributed by atoms with Gasteiger partial charge in [-0.15, -0.1) is 0 Å². The maximum absolute atomic E-state index is 13.6. The summed E-state index contributed by atoms with van der Waals surface area (Å²) < 4.78 is 446.